The number of amides is 1. The maximum Gasteiger partial charge on any atom is 0.263 e. The van der Waals surface area contributed by atoms with Gasteiger partial charge in [-0.2, -0.15) is 0 Å². The molecule has 1 amide bonds. The molecule has 5 rings (SSSR count). The van der Waals surface area contributed by atoms with Crippen molar-refractivity contribution in [2.75, 3.05) is 38.2 Å². The Balaban J connectivity index is 1.17. The number of hydrogen-bond acceptors (Lipinski definition) is 6. The first-order valence-corrected chi connectivity index (χ1v) is 11.8. The molecule has 0 spiro atoms. The summed E-state index contributed by atoms with van der Waals surface area (Å²) in [7, 11) is 1.62. The number of piperazine rings is 1. The van der Waals surface area contributed by atoms with Crippen LogP contribution in [0.3, 0.4) is 0 Å². The Morgan fingerprint density at radius 3 is 2.23 bits per heavy atom. The highest BCUT2D eigenvalue weighted by atomic mass is 16.5. The van der Waals surface area contributed by atoms with Gasteiger partial charge >= 0.3 is 0 Å². The number of anilines is 1. The predicted molar refractivity (Wildman–Crippen MR) is 137 cm³/mol. The molecule has 0 saturated carbocycles. The lowest BCUT2D eigenvalue weighted by Gasteiger charge is -2.36. The fourth-order valence-electron chi connectivity index (χ4n) is 4.32. The van der Waals surface area contributed by atoms with E-state index < -0.39 is 6.10 Å². The van der Waals surface area contributed by atoms with Crippen molar-refractivity contribution in [3.8, 4) is 22.8 Å². The molecule has 1 fully saturated rings. The Kier molecular flexibility index (Phi) is 6.48. The molecular formula is C28H28N4O3. The predicted octanol–water partition coefficient (Wildman–Crippen LogP) is 4.42. The quantitative estimate of drug-likeness (QED) is 0.417. The van der Waals surface area contributed by atoms with Gasteiger partial charge in [-0.3, -0.25) is 4.79 Å². The van der Waals surface area contributed by atoms with E-state index in [1.54, 1.807) is 26.2 Å². The molecule has 7 nitrogen and oxygen atoms in total. The molecule has 35 heavy (non-hydrogen) atoms. The maximum atomic E-state index is 12.9. The Morgan fingerprint density at radius 1 is 0.829 bits per heavy atom. The molecule has 1 atom stereocenters. The lowest BCUT2D eigenvalue weighted by Crippen LogP contribution is -2.52. The number of fused-ring (bicyclic) bond motifs is 1. The average molecular weight is 469 g/mol. The zero-order chi connectivity index (χ0) is 24.2. The molecule has 0 aliphatic carbocycles. The summed E-state index contributed by atoms with van der Waals surface area (Å²) in [6, 6.07) is 25.9. The van der Waals surface area contributed by atoms with Crippen molar-refractivity contribution < 1.29 is 14.3 Å². The fourth-order valence-corrected chi connectivity index (χ4v) is 4.32. The van der Waals surface area contributed by atoms with E-state index in [1.807, 2.05) is 41.3 Å². The molecule has 0 radical (unpaired) electrons. The summed E-state index contributed by atoms with van der Waals surface area (Å²) in [5, 5.41) is 11.3. The normalized spacial score (nSPS) is 14.6. The van der Waals surface area contributed by atoms with Crippen molar-refractivity contribution >= 4 is 22.5 Å². The number of carbonyl (C=O) groups excluding carboxylic acids is 1. The third-order valence-electron chi connectivity index (χ3n) is 6.33. The van der Waals surface area contributed by atoms with Crippen molar-refractivity contribution in [3.05, 3.63) is 78.9 Å². The zero-order valence-electron chi connectivity index (χ0n) is 19.9. The molecule has 1 unspecified atom stereocenters. The van der Waals surface area contributed by atoms with Gasteiger partial charge in [0.25, 0.3) is 5.91 Å². The molecule has 3 aromatic carbocycles. The fraction of sp³-hybridized carbons (Fsp3) is 0.250. The third kappa shape index (κ3) is 5.04. The van der Waals surface area contributed by atoms with E-state index in [0.717, 1.165) is 22.8 Å². The lowest BCUT2D eigenvalue weighted by atomic mass is 10.1. The summed E-state index contributed by atoms with van der Waals surface area (Å²) in [5.74, 6) is 2.20. The highest BCUT2D eigenvalue weighted by Crippen LogP contribution is 2.24. The number of methoxy groups -OCH3 is 1. The summed E-state index contributed by atoms with van der Waals surface area (Å²) in [6.45, 7) is 4.42. The Bertz CT molecular complexity index is 1300. The molecule has 1 aliphatic rings. The van der Waals surface area contributed by atoms with E-state index in [0.29, 0.717) is 31.9 Å². The van der Waals surface area contributed by atoms with Crippen LogP contribution in [0.5, 0.6) is 11.5 Å². The van der Waals surface area contributed by atoms with E-state index in [4.69, 9.17) is 9.47 Å². The molecular weight excluding hydrogens is 440 g/mol. The standard InChI is InChI=1S/C28H28N4O3/c1-20(35-25-11-9-24(34-2)10-12-25)28(33)32-17-15-31(16-18-32)27-14-13-26(29-30-27)23-8-7-21-5-3-4-6-22(21)19-23/h3-14,19-20H,15-18H2,1-2H3. The summed E-state index contributed by atoms with van der Waals surface area (Å²) < 4.78 is 11.0. The molecule has 1 aliphatic heterocycles. The number of carbonyl (C=O) groups is 1. The molecule has 0 bridgehead atoms. The number of ether oxygens (including phenoxy) is 2. The molecule has 2 heterocycles. The number of aromatic nitrogens is 2. The van der Waals surface area contributed by atoms with Gasteiger partial charge in [-0.1, -0.05) is 36.4 Å². The molecule has 1 saturated heterocycles. The Labute approximate surface area is 204 Å². The second-order valence-electron chi connectivity index (χ2n) is 8.59. The van der Waals surface area contributed by atoms with Crippen LogP contribution in [-0.2, 0) is 4.79 Å². The average Bonchev–Trinajstić information content (AvgIpc) is 2.93. The van der Waals surface area contributed by atoms with E-state index in [2.05, 4.69) is 45.4 Å². The minimum absolute atomic E-state index is 0.0156. The highest BCUT2D eigenvalue weighted by molar-refractivity contribution is 5.86. The first-order chi connectivity index (χ1) is 17.1. The van der Waals surface area contributed by atoms with Gasteiger partial charge in [0.05, 0.1) is 12.8 Å². The van der Waals surface area contributed by atoms with E-state index in [1.165, 1.54) is 10.8 Å². The topological polar surface area (TPSA) is 67.8 Å². The lowest BCUT2D eigenvalue weighted by molar-refractivity contribution is -0.138. The largest absolute Gasteiger partial charge is 0.497 e. The molecule has 4 aromatic rings. The van der Waals surface area contributed by atoms with Crippen molar-refractivity contribution in [1.82, 2.24) is 15.1 Å². The maximum absolute atomic E-state index is 12.9. The van der Waals surface area contributed by atoms with E-state index >= 15 is 0 Å². The Morgan fingerprint density at radius 2 is 1.54 bits per heavy atom. The van der Waals surface area contributed by atoms with Crippen molar-refractivity contribution in [1.29, 1.82) is 0 Å². The molecule has 0 N–H and O–H groups in total. The summed E-state index contributed by atoms with van der Waals surface area (Å²) in [5.41, 5.74) is 1.89. The van der Waals surface area contributed by atoms with Gasteiger partial charge in [0.15, 0.2) is 11.9 Å². The Hall–Kier alpha value is -4.13. The van der Waals surface area contributed by atoms with Gasteiger partial charge < -0.3 is 19.3 Å². The van der Waals surface area contributed by atoms with Crippen LogP contribution in [-0.4, -0.2) is 60.4 Å². The van der Waals surface area contributed by atoms with Crippen LogP contribution in [0.25, 0.3) is 22.0 Å². The van der Waals surface area contributed by atoms with Crippen LogP contribution in [0.2, 0.25) is 0 Å². The van der Waals surface area contributed by atoms with Crippen LogP contribution in [0, 0.1) is 0 Å². The van der Waals surface area contributed by atoms with Crippen molar-refractivity contribution in [2.24, 2.45) is 0 Å². The number of nitrogens with zero attached hydrogens (tertiary/aromatic N) is 4. The summed E-state index contributed by atoms with van der Waals surface area (Å²) in [6.07, 6.45) is -0.559. The zero-order valence-corrected chi connectivity index (χ0v) is 19.9. The second kappa shape index (κ2) is 10.0. The third-order valence-corrected chi connectivity index (χ3v) is 6.33. The van der Waals surface area contributed by atoms with Crippen LogP contribution in [0.1, 0.15) is 6.92 Å². The molecule has 1 aromatic heterocycles. The van der Waals surface area contributed by atoms with E-state index in [-0.39, 0.29) is 5.91 Å². The van der Waals surface area contributed by atoms with Crippen LogP contribution < -0.4 is 14.4 Å². The second-order valence-corrected chi connectivity index (χ2v) is 8.59. The van der Waals surface area contributed by atoms with Crippen LogP contribution in [0.4, 0.5) is 5.82 Å². The van der Waals surface area contributed by atoms with Gasteiger partial charge in [0.1, 0.15) is 11.5 Å². The summed E-state index contributed by atoms with van der Waals surface area (Å²) >= 11 is 0. The smallest absolute Gasteiger partial charge is 0.263 e. The first kappa shape index (κ1) is 22.7. The number of hydrogen-bond donors (Lipinski definition) is 0. The number of rotatable bonds is 6. The molecule has 7 heteroatoms. The number of benzene rings is 3. The van der Waals surface area contributed by atoms with Gasteiger partial charge in [-0.25, -0.2) is 0 Å². The van der Waals surface area contributed by atoms with Crippen molar-refractivity contribution in [3.63, 3.8) is 0 Å². The monoisotopic (exact) mass is 468 g/mol. The highest BCUT2D eigenvalue weighted by Gasteiger charge is 2.26. The van der Waals surface area contributed by atoms with Crippen molar-refractivity contribution in [2.45, 2.75) is 13.0 Å². The van der Waals surface area contributed by atoms with Crippen LogP contribution >= 0.6 is 0 Å². The summed E-state index contributed by atoms with van der Waals surface area (Å²) in [4.78, 5) is 16.9. The van der Waals surface area contributed by atoms with Gasteiger partial charge in [-0.15, -0.1) is 10.2 Å². The minimum atomic E-state index is -0.559. The minimum Gasteiger partial charge on any atom is -0.497 e. The van der Waals surface area contributed by atoms with Crippen LogP contribution in [0.15, 0.2) is 78.9 Å². The van der Waals surface area contributed by atoms with E-state index in [9.17, 15) is 4.79 Å². The molecule has 178 valence electrons. The van der Waals surface area contributed by atoms with Gasteiger partial charge in [0.2, 0.25) is 0 Å². The van der Waals surface area contributed by atoms with Gasteiger partial charge in [0, 0.05) is 31.7 Å². The van der Waals surface area contributed by atoms with Gasteiger partial charge in [-0.05, 0) is 60.2 Å². The first-order valence-electron chi connectivity index (χ1n) is 11.8. The SMILES string of the molecule is COc1ccc(OC(C)C(=O)N2CCN(c3ccc(-c4ccc5ccccc5c4)nn3)CC2)cc1.